The zero-order valence-corrected chi connectivity index (χ0v) is 18.3. The molecule has 35 heavy (non-hydrogen) atoms. The van der Waals surface area contributed by atoms with Crippen molar-refractivity contribution in [2.24, 2.45) is 23.7 Å². The molecule has 0 radical (unpaired) electrons. The summed E-state index contributed by atoms with van der Waals surface area (Å²) in [5.41, 5.74) is -1.52. The normalized spacial score (nSPS) is 20.9. The number of halogens is 3. The minimum atomic E-state index is -5.21. The average molecular weight is 492 g/mol. The first-order chi connectivity index (χ1) is 16.4. The summed E-state index contributed by atoms with van der Waals surface area (Å²) in [6, 6.07) is 0. The quantitative estimate of drug-likeness (QED) is 0.549. The Labute approximate surface area is 194 Å². The van der Waals surface area contributed by atoms with E-state index in [0.29, 0.717) is 4.90 Å². The first kappa shape index (κ1) is 24.0. The summed E-state index contributed by atoms with van der Waals surface area (Å²) >= 11 is 0. The molecule has 2 aliphatic carbocycles. The van der Waals surface area contributed by atoms with Crippen LogP contribution in [-0.2, 0) is 20.9 Å². The molecule has 11 nitrogen and oxygen atoms in total. The van der Waals surface area contributed by atoms with Crippen molar-refractivity contribution in [1.29, 1.82) is 0 Å². The molecule has 0 aliphatic heterocycles. The maximum atomic E-state index is 13.3. The van der Waals surface area contributed by atoms with E-state index in [2.05, 4.69) is 25.3 Å². The number of anilines is 1. The third-order valence-electron chi connectivity index (χ3n) is 5.62. The Hall–Kier alpha value is -4.10. The molecule has 3 unspecified atom stereocenters. The van der Waals surface area contributed by atoms with Gasteiger partial charge >= 0.3 is 18.1 Å². The summed E-state index contributed by atoms with van der Waals surface area (Å²) in [5.74, 6) is -5.84. The highest BCUT2D eigenvalue weighted by Gasteiger charge is 2.54. The summed E-state index contributed by atoms with van der Waals surface area (Å²) < 4.78 is 40.0. The number of aromatic nitrogens is 4. The molecule has 4 rings (SSSR count). The monoisotopic (exact) mass is 492 g/mol. The fourth-order valence-electron chi connectivity index (χ4n) is 3.74. The Morgan fingerprint density at radius 3 is 2.57 bits per heavy atom. The van der Waals surface area contributed by atoms with Gasteiger partial charge in [-0.3, -0.25) is 34.4 Å². The van der Waals surface area contributed by atoms with Crippen LogP contribution in [0.3, 0.4) is 0 Å². The van der Waals surface area contributed by atoms with Crippen LogP contribution in [0.4, 0.5) is 19.1 Å². The molecule has 0 bridgehead atoms. The smallest absolute Gasteiger partial charge is 0.471 e. The Kier molecular flexibility index (Phi) is 5.90. The molecule has 3 N–H and O–H groups in total. The molecule has 3 atom stereocenters. The predicted molar refractivity (Wildman–Crippen MR) is 113 cm³/mol. The van der Waals surface area contributed by atoms with Gasteiger partial charge in [0.25, 0.3) is 5.56 Å². The van der Waals surface area contributed by atoms with Gasteiger partial charge in [0.15, 0.2) is 11.2 Å². The number of H-pyrrole nitrogens is 1. The van der Waals surface area contributed by atoms with Gasteiger partial charge in [-0.1, -0.05) is 26.0 Å². The second-order valence-electron chi connectivity index (χ2n) is 8.45. The number of alkyl halides is 3. The van der Waals surface area contributed by atoms with E-state index in [0.717, 1.165) is 6.20 Å². The van der Waals surface area contributed by atoms with Gasteiger partial charge in [-0.05, 0) is 12.0 Å². The number of carboxylic acid groups (broad SMARTS) is 1. The van der Waals surface area contributed by atoms with Crippen molar-refractivity contribution in [3.8, 4) is 0 Å². The number of carbonyl (C=O) groups is 3. The van der Waals surface area contributed by atoms with Crippen molar-refractivity contribution in [2.45, 2.75) is 26.6 Å². The highest BCUT2D eigenvalue weighted by Crippen LogP contribution is 2.51. The lowest BCUT2D eigenvalue weighted by atomic mass is 10.1. The molecule has 0 aromatic carbocycles. The Bertz CT molecular complexity index is 1350. The molecule has 2 amide bonds. The van der Waals surface area contributed by atoms with Gasteiger partial charge in [0.1, 0.15) is 0 Å². The van der Waals surface area contributed by atoms with Crippen LogP contribution in [0.2, 0.25) is 0 Å². The molecule has 0 spiro atoms. The standard InChI is InChI=1S/C21H19F3N6O5/c1-8(2)16(31)28-20-27-15-14(17(32)29-20)26-9(6-25-15)7-30(19(35)21(22,23)24)10-3-4-11-12(5-10)13(11)18(33)34/h3-6,8,11-13H,7H2,1-2H3,(H,33,34)(H2,25,27,28,29,31,32). The zero-order chi connectivity index (χ0) is 25.7. The lowest BCUT2D eigenvalue weighted by Crippen LogP contribution is -2.40. The first-order valence-corrected chi connectivity index (χ1v) is 10.4. The number of carbonyl (C=O) groups excluding carboxylic acids is 2. The maximum Gasteiger partial charge on any atom is 0.471 e. The third kappa shape index (κ3) is 4.76. The average Bonchev–Trinajstić information content (AvgIpc) is 3.50. The van der Waals surface area contributed by atoms with E-state index >= 15 is 0 Å². The molecular formula is C21H19F3N6O5. The summed E-state index contributed by atoms with van der Waals surface area (Å²) in [5, 5.41) is 11.6. The second-order valence-corrected chi connectivity index (χ2v) is 8.45. The van der Waals surface area contributed by atoms with Gasteiger partial charge in [0.05, 0.1) is 24.4 Å². The molecule has 184 valence electrons. The number of allylic oxidation sites excluding steroid dienone is 3. The number of carboxylic acids is 1. The highest BCUT2D eigenvalue weighted by atomic mass is 19.4. The minimum Gasteiger partial charge on any atom is -0.481 e. The molecular weight excluding hydrogens is 473 g/mol. The number of hydrogen-bond acceptors (Lipinski definition) is 7. The fraction of sp³-hybridized carbons (Fsp3) is 0.381. The minimum absolute atomic E-state index is 0.127. The van der Waals surface area contributed by atoms with Gasteiger partial charge in [-0.15, -0.1) is 0 Å². The lowest BCUT2D eigenvalue weighted by molar-refractivity contribution is -0.183. The maximum absolute atomic E-state index is 13.3. The van der Waals surface area contributed by atoms with Crippen molar-refractivity contribution in [2.75, 3.05) is 5.32 Å². The SMILES string of the molecule is CC(C)C(=O)Nc1nc2ncc(CN(C(=O)C(F)(F)F)C3=CC4C(C=C3)C4C(=O)O)nc2c(=O)[nH]1. The van der Waals surface area contributed by atoms with E-state index in [1.165, 1.54) is 18.2 Å². The van der Waals surface area contributed by atoms with Crippen molar-refractivity contribution < 1.29 is 32.7 Å². The largest absolute Gasteiger partial charge is 0.481 e. The number of rotatable bonds is 6. The second kappa shape index (κ2) is 8.60. The first-order valence-electron chi connectivity index (χ1n) is 10.4. The van der Waals surface area contributed by atoms with Gasteiger partial charge in [0, 0.05) is 17.5 Å². The fourth-order valence-corrected chi connectivity index (χ4v) is 3.74. The van der Waals surface area contributed by atoms with Gasteiger partial charge in [0.2, 0.25) is 11.9 Å². The van der Waals surface area contributed by atoms with Crippen molar-refractivity contribution >= 4 is 34.9 Å². The van der Waals surface area contributed by atoms with E-state index in [-0.39, 0.29) is 40.3 Å². The van der Waals surface area contributed by atoms with Crippen molar-refractivity contribution in [1.82, 2.24) is 24.8 Å². The van der Waals surface area contributed by atoms with Crippen LogP contribution >= 0.6 is 0 Å². The van der Waals surface area contributed by atoms with Crippen LogP contribution in [0.1, 0.15) is 19.5 Å². The van der Waals surface area contributed by atoms with E-state index in [1.54, 1.807) is 13.8 Å². The van der Waals surface area contributed by atoms with E-state index in [9.17, 15) is 37.5 Å². The molecule has 1 saturated carbocycles. The number of aromatic amines is 1. The molecule has 1 fully saturated rings. The Morgan fingerprint density at radius 1 is 1.23 bits per heavy atom. The van der Waals surface area contributed by atoms with E-state index in [4.69, 9.17) is 0 Å². The number of aliphatic carboxylic acids is 1. The van der Waals surface area contributed by atoms with E-state index < -0.39 is 47.9 Å². The van der Waals surface area contributed by atoms with E-state index in [1.807, 2.05) is 0 Å². The van der Waals surface area contributed by atoms with Gasteiger partial charge < -0.3 is 5.11 Å². The topological polar surface area (TPSA) is 158 Å². The summed E-state index contributed by atoms with van der Waals surface area (Å²) in [7, 11) is 0. The third-order valence-corrected chi connectivity index (χ3v) is 5.62. The molecule has 2 aliphatic rings. The lowest BCUT2D eigenvalue weighted by Gasteiger charge is -2.25. The molecule has 2 heterocycles. The Balaban J connectivity index is 1.65. The Morgan fingerprint density at radius 2 is 1.94 bits per heavy atom. The summed E-state index contributed by atoms with van der Waals surface area (Å²) in [6.07, 6.45) is -0.107. The summed E-state index contributed by atoms with van der Waals surface area (Å²) in [6.45, 7) is 2.59. The van der Waals surface area contributed by atoms with Crippen LogP contribution in [0, 0.1) is 23.7 Å². The zero-order valence-electron chi connectivity index (χ0n) is 18.3. The van der Waals surface area contributed by atoms with Gasteiger partial charge in [-0.25, -0.2) is 9.97 Å². The summed E-state index contributed by atoms with van der Waals surface area (Å²) in [4.78, 5) is 62.4. The molecule has 14 heteroatoms. The van der Waals surface area contributed by atoms with Crippen LogP contribution < -0.4 is 10.9 Å². The number of hydrogen-bond donors (Lipinski definition) is 3. The molecule has 0 saturated heterocycles. The molecule has 2 aromatic rings. The van der Waals surface area contributed by atoms with Crippen molar-refractivity contribution in [3.05, 3.63) is 46.2 Å². The van der Waals surface area contributed by atoms with Crippen LogP contribution in [0.25, 0.3) is 11.2 Å². The van der Waals surface area contributed by atoms with Crippen LogP contribution in [-0.4, -0.2) is 53.9 Å². The number of nitrogens with zero attached hydrogens (tertiary/aromatic N) is 4. The van der Waals surface area contributed by atoms with Crippen molar-refractivity contribution in [3.63, 3.8) is 0 Å². The number of amides is 2. The number of nitrogens with one attached hydrogen (secondary N) is 2. The van der Waals surface area contributed by atoms with Gasteiger partial charge in [-0.2, -0.15) is 18.2 Å². The van der Waals surface area contributed by atoms with Crippen LogP contribution in [0.15, 0.2) is 34.9 Å². The van der Waals surface area contributed by atoms with Crippen LogP contribution in [0.5, 0.6) is 0 Å². The predicted octanol–water partition coefficient (Wildman–Crippen LogP) is 1.60. The number of fused-ring (bicyclic) bond motifs is 2. The highest BCUT2D eigenvalue weighted by molar-refractivity contribution is 5.91. The molecule has 2 aromatic heterocycles.